The van der Waals surface area contributed by atoms with Gasteiger partial charge in [-0.25, -0.2) is 0 Å². The van der Waals surface area contributed by atoms with Gasteiger partial charge in [0.1, 0.15) is 5.76 Å². The lowest BCUT2D eigenvalue weighted by molar-refractivity contribution is -0.141. The van der Waals surface area contributed by atoms with E-state index in [1.54, 1.807) is 18.4 Å². The lowest BCUT2D eigenvalue weighted by Crippen LogP contribution is -2.37. The van der Waals surface area contributed by atoms with Crippen LogP contribution in [-0.2, 0) is 20.9 Å². The molecule has 1 aromatic heterocycles. The van der Waals surface area contributed by atoms with E-state index in [0.29, 0.717) is 18.7 Å². The summed E-state index contributed by atoms with van der Waals surface area (Å²) in [5.74, 6) is 0.274. The van der Waals surface area contributed by atoms with Crippen molar-refractivity contribution in [2.75, 3.05) is 6.54 Å². The molecule has 0 unspecified atom stereocenters. The minimum atomic E-state index is -0.457. The molecule has 1 aromatic rings. The molecule has 1 aliphatic carbocycles. The van der Waals surface area contributed by atoms with Crippen LogP contribution in [-0.4, -0.2) is 29.2 Å². The fourth-order valence-electron chi connectivity index (χ4n) is 3.43. The molecule has 1 aliphatic heterocycles. The molecular formula is C16H20N2O4. The second kappa shape index (κ2) is 5.94. The Bertz CT molecular complexity index is 573. The number of hydrogen-bond donors (Lipinski definition) is 1. The summed E-state index contributed by atoms with van der Waals surface area (Å²) in [5.41, 5.74) is -0.457. The fourth-order valence-corrected chi connectivity index (χ4v) is 3.43. The Morgan fingerprint density at radius 1 is 1.32 bits per heavy atom. The highest BCUT2D eigenvalue weighted by Crippen LogP contribution is 2.46. The molecule has 1 saturated heterocycles. The van der Waals surface area contributed by atoms with Gasteiger partial charge in [-0.3, -0.25) is 19.3 Å². The molecule has 0 atom stereocenters. The molecule has 6 nitrogen and oxygen atoms in total. The third kappa shape index (κ3) is 2.77. The van der Waals surface area contributed by atoms with Crippen LogP contribution in [0, 0.1) is 5.41 Å². The maximum absolute atomic E-state index is 12.5. The third-order valence-corrected chi connectivity index (χ3v) is 4.65. The summed E-state index contributed by atoms with van der Waals surface area (Å²) in [4.78, 5) is 37.6. The van der Waals surface area contributed by atoms with Crippen LogP contribution in [0.3, 0.4) is 0 Å². The average Bonchev–Trinajstić information content (AvgIpc) is 3.20. The number of imide groups is 1. The van der Waals surface area contributed by atoms with Crippen molar-refractivity contribution in [1.82, 2.24) is 10.2 Å². The van der Waals surface area contributed by atoms with Gasteiger partial charge in [0.15, 0.2) is 0 Å². The first-order valence-electron chi connectivity index (χ1n) is 7.75. The maximum Gasteiger partial charge on any atom is 0.235 e. The van der Waals surface area contributed by atoms with Crippen LogP contribution in [0.2, 0.25) is 0 Å². The molecule has 22 heavy (non-hydrogen) atoms. The summed E-state index contributed by atoms with van der Waals surface area (Å²) in [7, 11) is 0. The van der Waals surface area contributed by atoms with Gasteiger partial charge in [-0.2, -0.15) is 0 Å². The van der Waals surface area contributed by atoms with Crippen LogP contribution in [0.1, 0.15) is 44.3 Å². The highest BCUT2D eigenvalue weighted by atomic mass is 16.3. The normalized spacial score (nSPS) is 20.1. The van der Waals surface area contributed by atoms with E-state index in [0.717, 1.165) is 25.7 Å². The molecule has 2 fully saturated rings. The number of rotatable bonds is 5. The molecule has 2 heterocycles. The van der Waals surface area contributed by atoms with Crippen molar-refractivity contribution in [2.24, 2.45) is 5.41 Å². The molecule has 0 aromatic carbocycles. The van der Waals surface area contributed by atoms with Crippen molar-refractivity contribution in [3.8, 4) is 0 Å². The smallest absolute Gasteiger partial charge is 0.235 e. The number of carbonyl (C=O) groups is 3. The van der Waals surface area contributed by atoms with E-state index in [2.05, 4.69) is 5.32 Å². The van der Waals surface area contributed by atoms with E-state index in [9.17, 15) is 14.4 Å². The van der Waals surface area contributed by atoms with E-state index in [1.165, 1.54) is 4.90 Å². The average molecular weight is 304 g/mol. The molecule has 1 spiro atoms. The van der Waals surface area contributed by atoms with Crippen molar-refractivity contribution in [1.29, 1.82) is 0 Å². The molecule has 3 amide bonds. The number of furan rings is 1. The third-order valence-electron chi connectivity index (χ3n) is 4.65. The molecule has 118 valence electrons. The summed E-state index contributed by atoms with van der Waals surface area (Å²) in [6.45, 7) is 0.487. The van der Waals surface area contributed by atoms with Gasteiger partial charge in [0.2, 0.25) is 17.7 Å². The molecule has 3 rings (SSSR count). The summed E-state index contributed by atoms with van der Waals surface area (Å²) in [6.07, 6.45) is 5.63. The first-order chi connectivity index (χ1) is 10.6. The molecule has 1 saturated carbocycles. The second-order valence-corrected chi connectivity index (χ2v) is 6.12. The number of likely N-dealkylation sites (tertiary alicyclic amines) is 1. The molecule has 0 bridgehead atoms. The Morgan fingerprint density at radius 2 is 2.09 bits per heavy atom. The van der Waals surface area contributed by atoms with E-state index in [-0.39, 0.29) is 30.7 Å². The highest BCUT2D eigenvalue weighted by Gasteiger charge is 2.52. The number of nitrogens with zero attached hydrogens (tertiary/aromatic N) is 1. The number of nitrogens with one attached hydrogen (secondary N) is 1. The maximum atomic E-state index is 12.5. The van der Waals surface area contributed by atoms with E-state index >= 15 is 0 Å². The quantitative estimate of drug-likeness (QED) is 0.838. The SMILES string of the molecule is O=C(CCN1C(=O)CC2(CCCC2)C1=O)NCc1ccco1. The van der Waals surface area contributed by atoms with Crippen molar-refractivity contribution < 1.29 is 18.8 Å². The zero-order valence-corrected chi connectivity index (χ0v) is 12.5. The molecule has 0 radical (unpaired) electrons. The van der Waals surface area contributed by atoms with Crippen LogP contribution >= 0.6 is 0 Å². The van der Waals surface area contributed by atoms with Crippen LogP contribution < -0.4 is 5.32 Å². The topological polar surface area (TPSA) is 79.6 Å². The van der Waals surface area contributed by atoms with Crippen LogP contribution in [0.25, 0.3) is 0 Å². The van der Waals surface area contributed by atoms with Crippen molar-refractivity contribution >= 4 is 17.7 Å². The van der Waals surface area contributed by atoms with Crippen molar-refractivity contribution in [2.45, 2.75) is 45.1 Å². The van der Waals surface area contributed by atoms with Gasteiger partial charge in [-0.15, -0.1) is 0 Å². The predicted molar refractivity (Wildman–Crippen MR) is 77.4 cm³/mol. The predicted octanol–water partition coefficient (Wildman–Crippen LogP) is 1.61. The van der Waals surface area contributed by atoms with Gasteiger partial charge in [0.05, 0.1) is 18.2 Å². The van der Waals surface area contributed by atoms with Crippen molar-refractivity contribution in [3.63, 3.8) is 0 Å². The van der Waals surface area contributed by atoms with Crippen LogP contribution in [0.15, 0.2) is 22.8 Å². The number of hydrogen-bond acceptors (Lipinski definition) is 4. The largest absolute Gasteiger partial charge is 0.467 e. The molecule has 2 aliphatic rings. The Kier molecular flexibility index (Phi) is 4.00. The summed E-state index contributed by atoms with van der Waals surface area (Å²) < 4.78 is 5.13. The van der Waals surface area contributed by atoms with Crippen LogP contribution in [0.4, 0.5) is 0 Å². The van der Waals surface area contributed by atoms with Gasteiger partial charge < -0.3 is 9.73 Å². The van der Waals surface area contributed by atoms with E-state index < -0.39 is 5.41 Å². The number of amides is 3. The van der Waals surface area contributed by atoms with Gasteiger partial charge in [0.25, 0.3) is 0 Å². The molecule has 6 heteroatoms. The minimum Gasteiger partial charge on any atom is -0.467 e. The van der Waals surface area contributed by atoms with Gasteiger partial charge in [0, 0.05) is 19.4 Å². The Labute approximate surface area is 128 Å². The lowest BCUT2D eigenvalue weighted by Gasteiger charge is -2.20. The van der Waals surface area contributed by atoms with Gasteiger partial charge in [-0.1, -0.05) is 12.8 Å². The summed E-state index contributed by atoms with van der Waals surface area (Å²) in [6, 6.07) is 3.53. The molecule has 1 N–H and O–H groups in total. The zero-order chi connectivity index (χ0) is 15.6. The zero-order valence-electron chi connectivity index (χ0n) is 12.5. The Morgan fingerprint density at radius 3 is 2.77 bits per heavy atom. The fraction of sp³-hybridized carbons (Fsp3) is 0.562. The van der Waals surface area contributed by atoms with Gasteiger partial charge >= 0.3 is 0 Å². The summed E-state index contributed by atoms with van der Waals surface area (Å²) in [5, 5.41) is 2.72. The Hall–Kier alpha value is -2.11. The standard InChI is InChI=1S/C16H20N2O4/c19-13(17-11-12-4-3-9-22-12)5-8-18-14(20)10-16(15(18)21)6-1-2-7-16/h3-4,9H,1-2,5-8,10-11H2,(H,17,19). The minimum absolute atomic E-state index is 0.0752. The van der Waals surface area contributed by atoms with E-state index in [4.69, 9.17) is 4.42 Å². The monoisotopic (exact) mass is 304 g/mol. The summed E-state index contributed by atoms with van der Waals surface area (Å²) >= 11 is 0. The second-order valence-electron chi connectivity index (χ2n) is 6.12. The van der Waals surface area contributed by atoms with Crippen molar-refractivity contribution in [3.05, 3.63) is 24.2 Å². The first-order valence-corrected chi connectivity index (χ1v) is 7.75. The van der Waals surface area contributed by atoms with E-state index in [1.807, 2.05) is 0 Å². The molecular weight excluding hydrogens is 284 g/mol. The Balaban J connectivity index is 1.49. The first kappa shape index (κ1) is 14.8. The lowest BCUT2D eigenvalue weighted by atomic mass is 9.84. The highest BCUT2D eigenvalue weighted by molar-refractivity contribution is 6.06. The number of carbonyl (C=O) groups excluding carboxylic acids is 3. The van der Waals surface area contributed by atoms with Gasteiger partial charge in [-0.05, 0) is 25.0 Å². The van der Waals surface area contributed by atoms with Crippen LogP contribution in [0.5, 0.6) is 0 Å².